The Hall–Kier alpha value is -3.38. The maximum Gasteiger partial charge on any atom is 0.237 e. The number of rotatable bonds is 7. The summed E-state index contributed by atoms with van der Waals surface area (Å²) in [6, 6.07) is 26.0. The molecule has 4 aromatic rings. The first-order chi connectivity index (χ1) is 15.1. The highest BCUT2D eigenvalue weighted by Gasteiger charge is 2.14. The number of nitrogens with zero attached hydrogens (tertiary/aromatic N) is 2. The van der Waals surface area contributed by atoms with Crippen LogP contribution in [0.15, 0.2) is 89.8 Å². The van der Waals surface area contributed by atoms with E-state index < -0.39 is 5.82 Å². The summed E-state index contributed by atoms with van der Waals surface area (Å²) in [5.74, 6) is 0.641. The molecular weight excluding hydrogens is 409 g/mol. The van der Waals surface area contributed by atoms with E-state index in [0.717, 1.165) is 10.5 Å². The van der Waals surface area contributed by atoms with Crippen LogP contribution in [0.2, 0.25) is 0 Å². The summed E-state index contributed by atoms with van der Waals surface area (Å²) >= 11 is 1.40. The van der Waals surface area contributed by atoms with E-state index in [1.54, 1.807) is 24.3 Å². The third-order valence-corrected chi connectivity index (χ3v) is 5.41. The molecule has 0 aliphatic heterocycles. The van der Waals surface area contributed by atoms with E-state index in [-0.39, 0.29) is 11.6 Å². The molecule has 31 heavy (non-hydrogen) atoms. The number of anilines is 1. The summed E-state index contributed by atoms with van der Waals surface area (Å²) in [6.07, 6.45) is 0. The minimum absolute atomic E-state index is 0.117. The predicted molar refractivity (Wildman–Crippen MR) is 124 cm³/mol. The summed E-state index contributed by atoms with van der Waals surface area (Å²) in [5.41, 5.74) is 2.87. The Bertz CT molecular complexity index is 1170. The largest absolute Gasteiger partial charge is 0.436 e. The van der Waals surface area contributed by atoms with Crippen molar-refractivity contribution in [3.63, 3.8) is 0 Å². The van der Waals surface area contributed by atoms with Gasteiger partial charge in [-0.2, -0.15) is 4.98 Å². The zero-order valence-electron chi connectivity index (χ0n) is 17.2. The van der Waals surface area contributed by atoms with Crippen LogP contribution in [-0.2, 0) is 0 Å². The molecule has 0 atom stereocenters. The second-order valence-corrected chi connectivity index (χ2v) is 8.09. The molecule has 156 valence electrons. The average molecular weight is 432 g/mol. The van der Waals surface area contributed by atoms with Crippen LogP contribution in [-0.4, -0.2) is 9.97 Å². The van der Waals surface area contributed by atoms with E-state index in [1.807, 2.05) is 48.5 Å². The predicted octanol–water partition coefficient (Wildman–Crippen LogP) is 7.32. The van der Waals surface area contributed by atoms with Crippen LogP contribution in [0.5, 0.6) is 11.6 Å². The molecule has 0 fully saturated rings. The fourth-order valence-electron chi connectivity index (χ4n) is 3.13. The van der Waals surface area contributed by atoms with Gasteiger partial charge in [-0.3, -0.25) is 4.72 Å². The van der Waals surface area contributed by atoms with Crippen LogP contribution in [0.25, 0.3) is 11.3 Å². The number of benzene rings is 3. The fourth-order valence-corrected chi connectivity index (χ4v) is 3.72. The van der Waals surface area contributed by atoms with E-state index in [2.05, 4.69) is 29.6 Å². The first kappa shape index (κ1) is 20.9. The highest BCUT2D eigenvalue weighted by molar-refractivity contribution is 8.00. The second kappa shape index (κ2) is 9.62. The van der Waals surface area contributed by atoms with E-state index in [0.29, 0.717) is 17.6 Å². The second-order valence-electron chi connectivity index (χ2n) is 7.21. The van der Waals surface area contributed by atoms with Crippen molar-refractivity contribution >= 4 is 17.9 Å². The number of para-hydroxylation sites is 1. The molecule has 0 saturated heterocycles. The lowest BCUT2D eigenvalue weighted by atomic mass is 9.95. The van der Waals surface area contributed by atoms with Gasteiger partial charge >= 0.3 is 0 Å². The van der Waals surface area contributed by atoms with Crippen molar-refractivity contribution in [2.75, 3.05) is 4.72 Å². The SMILES string of the molecule is CC(C)c1ccccc1-c1cc(Oc2ccccc2F)nc(NSc2ccccc2)n1. The van der Waals surface area contributed by atoms with Crippen LogP contribution in [0.4, 0.5) is 10.3 Å². The molecule has 0 aliphatic rings. The number of hydrogen-bond acceptors (Lipinski definition) is 5. The molecule has 1 aromatic heterocycles. The Kier molecular flexibility index (Phi) is 6.48. The maximum absolute atomic E-state index is 14.2. The topological polar surface area (TPSA) is 47.0 Å². The summed E-state index contributed by atoms with van der Waals surface area (Å²) < 4.78 is 23.1. The van der Waals surface area contributed by atoms with E-state index in [9.17, 15) is 4.39 Å². The highest BCUT2D eigenvalue weighted by Crippen LogP contribution is 2.32. The Morgan fingerprint density at radius 2 is 1.58 bits per heavy atom. The maximum atomic E-state index is 14.2. The van der Waals surface area contributed by atoms with Gasteiger partial charge in [0.25, 0.3) is 0 Å². The van der Waals surface area contributed by atoms with Gasteiger partial charge in [-0.25, -0.2) is 9.37 Å². The Morgan fingerprint density at radius 3 is 2.35 bits per heavy atom. The van der Waals surface area contributed by atoms with E-state index in [4.69, 9.17) is 9.72 Å². The van der Waals surface area contributed by atoms with Gasteiger partial charge in [0.2, 0.25) is 11.8 Å². The zero-order valence-corrected chi connectivity index (χ0v) is 18.1. The van der Waals surface area contributed by atoms with Gasteiger partial charge in [-0.15, -0.1) is 0 Å². The molecule has 0 amide bonds. The molecule has 0 aliphatic carbocycles. The zero-order chi connectivity index (χ0) is 21.6. The molecule has 3 aromatic carbocycles. The van der Waals surface area contributed by atoms with Crippen molar-refractivity contribution in [3.8, 4) is 22.9 Å². The summed E-state index contributed by atoms with van der Waals surface area (Å²) in [7, 11) is 0. The van der Waals surface area contributed by atoms with Crippen LogP contribution in [0.1, 0.15) is 25.3 Å². The molecule has 0 bridgehead atoms. The lowest BCUT2D eigenvalue weighted by Crippen LogP contribution is -2.01. The first-order valence-corrected chi connectivity index (χ1v) is 10.8. The molecule has 6 heteroatoms. The molecule has 1 N–H and O–H groups in total. The monoisotopic (exact) mass is 431 g/mol. The molecule has 4 rings (SSSR count). The van der Waals surface area contributed by atoms with Crippen LogP contribution < -0.4 is 9.46 Å². The van der Waals surface area contributed by atoms with Crippen molar-refractivity contribution in [3.05, 3.63) is 96.3 Å². The van der Waals surface area contributed by atoms with Gasteiger partial charge < -0.3 is 4.74 Å². The number of nitrogens with one attached hydrogen (secondary N) is 1. The Morgan fingerprint density at radius 1 is 0.871 bits per heavy atom. The van der Waals surface area contributed by atoms with Crippen LogP contribution >= 0.6 is 11.9 Å². The highest BCUT2D eigenvalue weighted by atomic mass is 32.2. The number of hydrogen-bond donors (Lipinski definition) is 1. The van der Waals surface area contributed by atoms with Gasteiger partial charge in [0.1, 0.15) is 0 Å². The Labute approximate surface area is 185 Å². The molecule has 0 saturated carbocycles. The molecule has 1 heterocycles. The minimum atomic E-state index is -0.446. The molecule has 0 unspecified atom stereocenters. The van der Waals surface area contributed by atoms with E-state index >= 15 is 0 Å². The normalized spacial score (nSPS) is 10.8. The fraction of sp³-hybridized carbons (Fsp3) is 0.120. The van der Waals surface area contributed by atoms with Crippen molar-refractivity contribution in [2.24, 2.45) is 0 Å². The minimum Gasteiger partial charge on any atom is -0.436 e. The quantitative estimate of drug-likeness (QED) is 0.311. The van der Waals surface area contributed by atoms with Crippen molar-refractivity contribution in [1.82, 2.24) is 9.97 Å². The van der Waals surface area contributed by atoms with E-state index in [1.165, 1.54) is 23.6 Å². The van der Waals surface area contributed by atoms with Gasteiger partial charge in [0.05, 0.1) is 5.69 Å². The number of ether oxygens (including phenoxy) is 1. The lowest BCUT2D eigenvalue weighted by Gasteiger charge is -2.14. The third-order valence-electron chi connectivity index (χ3n) is 4.62. The van der Waals surface area contributed by atoms with Crippen molar-refractivity contribution < 1.29 is 9.13 Å². The van der Waals surface area contributed by atoms with Crippen LogP contribution in [0, 0.1) is 5.82 Å². The van der Waals surface area contributed by atoms with Crippen molar-refractivity contribution in [1.29, 1.82) is 0 Å². The summed E-state index contributed by atoms with van der Waals surface area (Å²) in [4.78, 5) is 10.2. The number of aromatic nitrogens is 2. The summed E-state index contributed by atoms with van der Waals surface area (Å²) in [5, 5.41) is 0. The van der Waals surface area contributed by atoms with Crippen LogP contribution in [0.3, 0.4) is 0 Å². The average Bonchev–Trinajstić information content (AvgIpc) is 2.80. The summed E-state index contributed by atoms with van der Waals surface area (Å²) in [6.45, 7) is 4.28. The van der Waals surface area contributed by atoms with Crippen molar-refractivity contribution in [2.45, 2.75) is 24.7 Å². The molecular formula is C25H22FN3OS. The lowest BCUT2D eigenvalue weighted by molar-refractivity contribution is 0.427. The molecule has 0 radical (unpaired) electrons. The van der Waals surface area contributed by atoms with Gasteiger partial charge in [-0.05, 0) is 47.7 Å². The Balaban J connectivity index is 1.72. The molecule has 4 nitrogen and oxygen atoms in total. The first-order valence-electron chi connectivity index (χ1n) is 9.99. The molecule has 0 spiro atoms. The van der Waals surface area contributed by atoms with Gasteiger partial charge in [0.15, 0.2) is 11.6 Å². The smallest absolute Gasteiger partial charge is 0.237 e. The van der Waals surface area contributed by atoms with Gasteiger partial charge in [-0.1, -0.05) is 68.4 Å². The number of halogens is 1. The van der Waals surface area contributed by atoms with Gasteiger partial charge in [0, 0.05) is 16.5 Å². The standard InChI is InChI=1S/C25H22FN3OS/c1-17(2)19-12-6-7-13-20(19)22-16-24(30-23-15-9-8-14-21(23)26)28-25(27-22)29-31-18-10-4-3-5-11-18/h3-17H,1-2H3,(H,27,28,29). The third kappa shape index (κ3) is 5.22.